The monoisotopic (exact) mass is 347 g/mol. The average molecular weight is 348 g/mol. The van der Waals surface area contributed by atoms with Crippen LogP contribution in [0.3, 0.4) is 0 Å². The molecule has 0 spiro atoms. The van der Waals surface area contributed by atoms with Gasteiger partial charge in [0.1, 0.15) is 17.6 Å². The Bertz CT molecular complexity index is 727. The van der Waals surface area contributed by atoms with E-state index in [1.165, 1.54) is 18.9 Å². The van der Waals surface area contributed by atoms with Gasteiger partial charge in [0.15, 0.2) is 11.6 Å². The quantitative estimate of drug-likeness (QED) is 0.850. The molecular formula is C19H19ClFNO2. The molecule has 2 aliphatic heterocycles. The van der Waals surface area contributed by atoms with Gasteiger partial charge >= 0.3 is 0 Å². The van der Waals surface area contributed by atoms with Crippen molar-refractivity contribution in [3.8, 4) is 17.2 Å². The highest BCUT2D eigenvalue weighted by Crippen LogP contribution is 2.33. The van der Waals surface area contributed by atoms with Gasteiger partial charge in [-0.25, -0.2) is 4.39 Å². The van der Waals surface area contributed by atoms with Crippen molar-refractivity contribution in [2.75, 3.05) is 0 Å². The number of fused-ring (bicyclic) bond motifs is 2. The Morgan fingerprint density at radius 1 is 1.00 bits per heavy atom. The highest BCUT2D eigenvalue weighted by Gasteiger charge is 2.34. The highest BCUT2D eigenvalue weighted by molar-refractivity contribution is 6.30. The highest BCUT2D eigenvalue weighted by atomic mass is 35.5. The zero-order valence-electron chi connectivity index (χ0n) is 13.2. The predicted molar refractivity (Wildman–Crippen MR) is 91.5 cm³/mol. The van der Waals surface area contributed by atoms with Gasteiger partial charge in [-0.05, 0) is 56.0 Å². The van der Waals surface area contributed by atoms with Crippen molar-refractivity contribution in [3.05, 3.63) is 53.3 Å². The van der Waals surface area contributed by atoms with E-state index in [1.807, 2.05) is 0 Å². The molecule has 2 aliphatic rings. The first-order valence-electron chi connectivity index (χ1n) is 8.31. The van der Waals surface area contributed by atoms with E-state index in [1.54, 1.807) is 36.4 Å². The van der Waals surface area contributed by atoms with Gasteiger partial charge in [0.2, 0.25) is 0 Å². The van der Waals surface area contributed by atoms with Crippen LogP contribution in [0.15, 0.2) is 42.5 Å². The van der Waals surface area contributed by atoms with Gasteiger partial charge in [-0.1, -0.05) is 17.7 Å². The van der Waals surface area contributed by atoms with Crippen molar-refractivity contribution < 1.29 is 13.9 Å². The number of rotatable bonds is 4. The lowest BCUT2D eigenvalue weighted by Crippen LogP contribution is -2.42. The molecule has 2 aromatic carbocycles. The molecule has 2 saturated heterocycles. The van der Waals surface area contributed by atoms with Gasteiger partial charge in [0, 0.05) is 23.2 Å². The van der Waals surface area contributed by atoms with Crippen LogP contribution in [0.4, 0.5) is 4.39 Å². The summed E-state index contributed by atoms with van der Waals surface area (Å²) in [7, 11) is 0. The molecule has 0 aliphatic carbocycles. The molecule has 2 aromatic rings. The van der Waals surface area contributed by atoms with E-state index in [4.69, 9.17) is 21.1 Å². The molecule has 126 valence electrons. The summed E-state index contributed by atoms with van der Waals surface area (Å²) < 4.78 is 25.7. The van der Waals surface area contributed by atoms with Crippen molar-refractivity contribution in [1.29, 1.82) is 0 Å². The van der Waals surface area contributed by atoms with Crippen LogP contribution >= 0.6 is 11.6 Å². The lowest BCUT2D eigenvalue weighted by Gasteiger charge is -2.29. The molecular weight excluding hydrogens is 329 g/mol. The standard InChI is InChI=1S/C19H19ClFNO2/c20-12-2-1-3-15(8-12)24-19-11-16(6-7-18(19)21)23-17-9-13-4-5-14(10-17)22-13/h1-3,6-8,11,13-14,17,22H,4-5,9-10H2. The predicted octanol–water partition coefficient (Wildman–Crippen LogP) is 4.93. The Morgan fingerprint density at radius 2 is 1.79 bits per heavy atom. The summed E-state index contributed by atoms with van der Waals surface area (Å²) in [5.41, 5.74) is 0. The van der Waals surface area contributed by atoms with Gasteiger partial charge in [-0.15, -0.1) is 0 Å². The molecule has 2 fully saturated rings. The average Bonchev–Trinajstić information content (AvgIpc) is 2.89. The fourth-order valence-corrected chi connectivity index (χ4v) is 3.77. The summed E-state index contributed by atoms with van der Waals surface area (Å²) in [5.74, 6) is 0.859. The number of piperidine rings is 1. The molecule has 2 bridgehead atoms. The van der Waals surface area contributed by atoms with Crippen LogP contribution in [0.25, 0.3) is 0 Å². The number of ether oxygens (including phenoxy) is 2. The first-order valence-corrected chi connectivity index (χ1v) is 8.69. The minimum atomic E-state index is -0.423. The summed E-state index contributed by atoms with van der Waals surface area (Å²) in [6, 6.07) is 12.7. The molecule has 5 heteroatoms. The topological polar surface area (TPSA) is 30.5 Å². The molecule has 0 saturated carbocycles. The third-order valence-corrected chi connectivity index (χ3v) is 4.89. The van der Waals surface area contributed by atoms with Crippen LogP contribution in [0.5, 0.6) is 17.2 Å². The molecule has 1 N–H and O–H groups in total. The third-order valence-electron chi connectivity index (χ3n) is 4.66. The molecule has 4 rings (SSSR count). The van der Waals surface area contributed by atoms with Crippen molar-refractivity contribution in [2.24, 2.45) is 0 Å². The Balaban J connectivity index is 1.49. The second-order valence-electron chi connectivity index (χ2n) is 6.50. The second-order valence-corrected chi connectivity index (χ2v) is 6.94. The van der Waals surface area contributed by atoms with Crippen LogP contribution in [-0.4, -0.2) is 18.2 Å². The fourth-order valence-electron chi connectivity index (χ4n) is 3.59. The minimum absolute atomic E-state index is 0.145. The van der Waals surface area contributed by atoms with Crippen LogP contribution in [0.1, 0.15) is 25.7 Å². The Kier molecular flexibility index (Phi) is 4.33. The van der Waals surface area contributed by atoms with E-state index in [2.05, 4.69) is 5.32 Å². The van der Waals surface area contributed by atoms with E-state index in [0.29, 0.717) is 28.6 Å². The van der Waals surface area contributed by atoms with Crippen molar-refractivity contribution in [3.63, 3.8) is 0 Å². The van der Waals surface area contributed by atoms with Gasteiger partial charge in [0.05, 0.1) is 0 Å². The zero-order chi connectivity index (χ0) is 16.5. The normalized spacial score (nSPS) is 25.5. The SMILES string of the molecule is Fc1ccc(OC2CC3CCC(C2)N3)cc1Oc1cccc(Cl)c1. The largest absolute Gasteiger partial charge is 0.490 e. The fraction of sp³-hybridized carbons (Fsp3) is 0.368. The number of nitrogens with one attached hydrogen (secondary N) is 1. The first-order chi connectivity index (χ1) is 11.7. The second kappa shape index (κ2) is 6.61. The molecule has 0 aromatic heterocycles. The van der Waals surface area contributed by atoms with Gasteiger partial charge in [-0.2, -0.15) is 0 Å². The Morgan fingerprint density at radius 3 is 2.54 bits per heavy atom. The summed E-state index contributed by atoms with van der Waals surface area (Å²) in [6.07, 6.45) is 4.61. The van der Waals surface area contributed by atoms with Crippen LogP contribution in [0.2, 0.25) is 5.02 Å². The number of hydrogen-bond acceptors (Lipinski definition) is 3. The smallest absolute Gasteiger partial charge is 0.166 e. The van der Waals surface area contributed by atoms with Gasteiger partial charge in [-0.3, -0.25) is 0 Å². The molecule has 2 atom stereocenters. The molecule has 24 heavy (non-hydrogen) atoms. The van der Waals surface area contributed by atoms with Crippen molar-refractivity contribution in [2.45, 2.75) is 43.9 Å². The maximum atomic E-state index is 14.0. The third kappa shape index (κ3) is 3.50. The lowest BCUT2D eigenvalue weighted by molar-refractivity contribution is 0.137. The van der Waals surface area contributed by atoms with E-state index in [9.17, 15) is 4.39 Å². The first kappa shape index (κ1) is 15.7. The Labute approximate surface area is 145 Å². The zero-order valence-corrected chi connectivity index (χ0v) is 13.9. The van der Waals surface area contributed by atoms with E-state index >= 15 is 0 Å². The number of halogens is 2. The van der Waals surface area contributed by atoms with E-state index < -0.39 is 5.82 Å². The summed E-state index contributed by atoms with van der Waals surface area (Å²) in [6.45, 7) is 0. The number of benzene rings is 2. The number of hydrogen-bond donors (Lipinski definition) is 1. The summed E-state index contributed by atoms with van der Waals surface area (Å²) in [4.78, 5) is 0. The maximum Gasteiger partial charge on any atom is 0.166 e. The summed E-state index contributed by atoms with van der Waals surface area (Å²) >= 11 is 5.94. The maximum absolute atomic E-state index is 14.0. The minimum Gasteiger partial charge on any atom is -0.490 e. The molecule has 2 heterocycles. The van der Waals surface area contributed by atoms with Crippen LogP contribution in [0, 0.1) is 5.82 Å². The van der Waals surface area contributed by atoms with Crippen molar-refractivity contribution >= 4 is 11.6 Å². The van der Waals surface area contributed by atoms with E-state index in [-0.39, 0.29) is 11.9 Å². The van der Waals surface area contributed by atoms with Gasteiger partial charge in [0.25, 0.3) is 0 Å². The molecule has 3 nitrogen and oxygen atoms in total. The molecule has 0 amide bonds. The van der Waals surface area contributed by atoms with Crippen LogP contribution in [-0.2, 0) is 0 Å². The lowest BCUT2D eigenvalue weighted by atomic mass is 10.0. The van der Waals surface area contributed by atoms with Gasteiger partial charge < -0.3 is 14.8 Å². The van der Waals surface area contributed by atoms with Crippen LogP contribution < -0.4 is 14.8 Å². The molecule has 0 radical (unpaired) electrons. The molecule has 2 unspecified atom stereocenters. The summed E-state index contributed by atoms with van der Waals surface area (Å²) in [5, 5.41) is 4.13. The van der Waals surface area contributed by atoms with E-state index in [0.717, 1.165) is 12.8 Å². The Hall–Kier alpha value is -1.78. The van der Waals surface area contributed by atoms with Crippen molar-refractivity contribution in [1.82, 2.24) is 5.32 Å².